The maximum atomic E-state index is 5.79. The third-order valence-corrected chi connectivity index (χ3v) is 4.63. The Morgan fingerprint density at radius 1 is 0.950 bits per heavy atom. The lowest BCUT2D eigenvalue weighted by atomic mass is 10.2. The van der Waals surface area contributed by atoms with Gasteiger partial charge in [0.05, 0.1) is 12.2 Å². The standard InChI is InChI=1S/C15H10Br3NO/c16-10-6-12(17)15(13(18)7-10)19-8-11-5-9-3-1-2-4-14(9)20-11/h1-7,19H,8H2. The van der Waals surface area contributed by atoms with E-state index in [4.69, 9.17) is 4.42 Å². The zero-order valence-corrected chi connectivity index (χ0v) is 15.0. The van der Waals surface area contributed by atoms with Gasteiger partial charge in [0.1, 0.15) is 11.3 Å². The van der Waals surface area contributed by atoms with Crippen molar-refractivity contribution in [3.8, 4) is 0 Å². The van der Waals surface area contributed by atoms with Gasteiger partial charge in [0.15, 0.2) is 0 Å². The van der Waals surface area contributed by atoms with Crippen molar-refractivity contribution in [2.75, 3.05) is 5.32 Å². The van der Waals surface area contributed by atoms with Gasteiger partial charge in [0, 0.05) is 18.8 Å². The summed E-state index contributed by atoms with van der Waals surface area (Å²) in [7, 11) is 0. The number of hydrogen-bond donors (Lipinski definition) is 1. The first-order valence-electron chi connectivity index (χ1n) is 5.99. The van der Waals surface area contributed by atoms with Crippen LogP contribution in [-0.2, 0) is 6.54 Å². The van der Waals surface area contributed by atoms with Crippen LogP contribution in [-0.4, -0.2) is 0 Å². The number of fused-ring (bicyclic) bond motifs is 1. The smallest absolute Gasteiger partial charge is 0.134 e. The maximum absolute atomic E-state index is 5.79. The molecule has 0 bridgehead atoms. The lowest BCUT2D eigenvalue weighted by molar-refractivity contribution is 0.559. The van der Waals surface area contributed by atoms with Crippen molar-refractivity contribution >= 4 is 64.4 Å². The van der Waals surface area contributed by atoms with E-state index < -0.39 is 0 Å². The Morgan fingerprint density at radius 3 is 2.35 bits per heavy atom. The Kier molecular flexibility index (Phi) is 4.19. The molecular weight excluding hydrogens is 450 g/mol. The molecule has 0 unspecified atom stereocenters. The number of halogens is 3. The van der Waals surface area contributed by atoms with Gasteiger partial charge in [-0.15, -0.1) is 0 Å². The molecule has 0 aliphatic carbocycles. The molecule has 0 radical (unpaired) electrons. The second kappa shape index (κ2) is 5.92. The van der Waals surface area contributed by atoms with Crippen molar-refractivity contribution in [3.63, 3.8) is 0 Å². The average Bonchev–Trinajstić information content (AvgIpc) is 2.80. The average molecular weight is 460 g/mol. The van der Waals surface area contributed by atoms with Gasteiger partial charge in [-0.05, 0) is 56.1 Å². The molecule has 1 N–H and O–H groups in total. The summed E-state index contributed by atoms with van der Waals surface area (Å²) in [4.78, 5) is 0. The van der Waals surface area contributed by atoms with E-state index in [1.165, 1.54) is 0 Å². The van der Waals surface area contributed by atoms with E-state index in [1.807, 2.05) is 36.4 Å². The monoisotopic (exact) mass is 457 g/mol. The summed E-state index contributed by atoms with van der Waals surface area (Å²) in [6.45, 7) is 0.632. The van der Waals surface area contributed by atoms with Gasteiger partial charge in [0.25, 0.3) is 0 Å². The van der Waals surface area contributed by atoms with Gasteiger partial charge < -0.3 is 9.73 Å². The Balaban J connectivity index is 1.83. The van der Waals surface area contributed by atoms with Crippen LogP contribution >= 0.6 is 47.8 Å². The van der Waals surface area contributed by atoms with Crippen molar-refractivity contribution in [2.45, 2.75) is 6.54 Å². The molecule has 20 heavy (non-hydrogen) atoms. The van der Waals surface area contributed by atoms with E-state index in [9.17, 15) is 0 Å². The van der Waals surface area contributed by atoms with Crippen LogP contribution in [0.25, 0.3) is 11.0 Å². The second-order valence-corrected chi connectivity index (χ2v) is 6.97. The molecule has 102 valence electrons. The number of nitrogens with one attached hydrogen (secondary N) is 1. The highest BCUT2D eigenvalue weighted by Gasteiger charge is 2.08. The van der Waals surface area contributed by atoms with Gasteiger partial charge in [0.2, 0.25) is 0 Å². The predicted molar refractivity (Wildman–Crippen MR) is 93.1 cm³/mol. The van der Waals surface area contributed by atoms with Crippen molar-refractivity contribution in [1.82, 2.24) is 0 Å². The first-order valence-corrected chi connectivity index (χ1v) is 8.37. The summed E-state index contributed by atoms with van der Waals surface area (Å²) in [6, 6.07) is 14.1. The van der Waals surface area contributed by atoms with Gasteiger partial charge >= 0.3 is 0 Å². The summed E-state index contributed by atoms with van der Waals surface area (Å²) in [5.41, 5.74) is 1.92. The summed E-state index contributed by atoms with van der Waals surface area (Å²) in [6.07, 6.45) is 0. The van der Waals surface area contributed by atoms with Gasteiger partial charge in [-0.1, -0.05) is 34.1 Å². The largest absolute Gasteiger partial charge is 0.459 e. The summed E-state index contributed by atoms with van der Waals surface area (Å²) in [5, 5.41) is 4.50. The molecule has 0 atom stereocenters. The minimum Gasteiger partial charge on any atom is -0.459 e. The van der Waals surface area contributed by atoms with Crippen LogP contribution in [0.1, 0.15) is 5.76 Å². The van der Waals surface area contributed by atoms with Crippen LogP contribution in [0.2, 0.25) is 0 Å². The van der Waals surface area contributed by atoms with E-state index in [0.29, 0.717) is 6.54 Å². The Morgan fingerprint density at radius 2 is 1.65 bits per heavy atom. The van der Waals surface area contributed by atoms with Gasteiger partial charge in [-0.3, -0.25) is 0 Å². The molecule has 3 aromatic rings. The minimum atomic E-state index is 0.632. The molecule has 0 saturated heterocycles. The van der Waals surface area contributed by atoms with Crippen LogP contribution < -0.4 is 5.32 Å². The highest BCUT2D eigenvalue weighted by atomic mass is 79.9. The minimum absolute atomic E-state index is 0.632. The third-order valence-electron chi connectivity index (χ3n) is 2.92. The number of hydrogen-bond acceptors (Lipinski definition) is 2. The lowest BCUT2D eigenvalue weighted by Crippen LogP contribution is -1.99. The number of furan rings is 1. The highest BCUT2D eigenvalue weighted by Crippen LogP contribution is 2.34. The SMILES string of the molecule is Brc1cc(Br)c(NCc2cc3ccccc3o2)c(Br)c1. The molecule has 2 nitrogen and oxygen atoms in total. The molecule has 0 amide bonds. The van der Waals surface area contributed by atoms with Crippen molar-refractivity contribution in [3.05, 3.63) is 61.6 Å². The van der Waals surface area contributed by atoms with E-state index in [1.54, 1.807) is 0 Å². The summed E-state index contributed by atoms with van der Waals surface area (Å²) < 4.78 is 8.80. The fourth-order valence-corrected chi connectivity index (χ4v) is 4.55. The lowest BCUT2D eigenvalue weighted by Gasteiger charge is -2.10. The molecule has 1 aromatic heterocycles. The quantitative estimate of drug-likeness (QED) is 0.495. The summed E-state index contributed by atoms with van der Waals surface area (Å²) in [5.74, 6) is 0.910. The first kappa shape index (κ1) is 14.2. The molecule has 1 heterocycles. The molecule has 0 fully saturated rings. The van der Waals surface area contributed by atoms with Crippen molar-refractivity contribution in [2.24, 2.45) is 0 Å². The zero-order valence-electron chi connectivity index (χ0n) is 10.3. The predicted octanol–water partition coefficient (Wildman–Crippen LogP) is 6.33. The van der Waals surface area contributed by atoms with E-state index in [-0.39, 0.29) is 0 Å². The number of benzene rings is 2. The van der Waals surface area contributed by atoms with Gasteiger partial charge in [-0.2, -0.15) is 0 Å². The molecule has 3 rings (SSSR count). The van der Waals surface area contributed by atoms with Gasteiger partial charge in [-0.25, -0.2) is 0 Å². The maximum Gasteiger partial charge on any atom is 0.134 e. The summed E-state index contributed by atoms with van der Waals surface area (Å²) >= 11 is 10.6. The number of rotatable bonds is 3. The molecular formula is C15H10Br3NO. The zero-order chi connectivity index (χ0) is 14.1. The fourth-order valence-electron chi connectivity index (χ4n) is 2.01. The first-order chi connectivity index (χ1) is 9.63. The van der Waals surface area contributed by atoms with Crippen LogP contribution in [0.5, 0.6) is 0 Å². The van der Waals surface area contributed by atoms with Crippen LogP contribution in [0.15, 0.2) is 60.3 Å². The Hall–Kier alpha value is -0.780. The normalized spacial score (nSPS) is 10.9. The highest BCUT2D eigenvalue weighted by molar-refractivity contribution is 9.11. The molecule has 0 spiro atoms. The molecule has 0 aliphatic rings. The second-order valence-electron chi connectivity index (χ2n) is 4.35. The fraction of sp³-hybridized carbons (Fsp3) is 0.0667. The van der Waals surface area contributed by atoms with Crippen LogP contribution in [0.3, 0.4) is 0 Å². The molecule has 0 aliphatic heterocycles. The van der Waals surface area contributed by atoms with E-state index in [0.717, 1.165) is 35.8 Å². The number of anilines is 1. The molecule has 2 aromatic carbocycles. The van der Waals surface area contributed by atoms with Crippen molar-refractivity contribution < 1.29 is 4.42 Å². The molecule has 0 saturated carbocycles. The Labute approximate surface area is 141 Å². The third kappa shape index (κ3) is 2.95. The van der Waals surface area contributed by atoms with E-state index >= 15 is 0 Å². The van der Waals surface area contributed by atoms with E-state index in [2.05, 4.69) is 59.2 Å². The van der Waals surface area contributed by atoms with Crippen LogP contribution in [0.4, 0.5) is 5.69 Å². The van der Waals surface area contributed by atoms with Crippen molar-refractivity contribution in [1.29, 1.82) is 0 Å². The number of para-hydroxylation sites is 1. The molecule has 5 heteroatoms. The topological polar surface area (TPSA) is 25.2 Å². The van der Waals surface area contributed by atoms with Crippen LogP contribution in [0, 0.1) is 0 Å². The Bertz CT molecular complexity index is 711.